The van der Waals surface area contributed by atoms with E-state index in [4.69, 9.17) is 0 Å². The summed E-state index contributed by atoms with van der Waals surface area (Å²) >= 11 is 0. The van der Waals surface area contributed by atoms with Crippen molar-refractivity contribution in [3.8, 4) is 0 Å². The molecule has 0 spiro atoms. The van der Waals surface area contributed by atoms with Crippen molar-refractivity contribution in [1.82, 2.24) is 0 Å². The van der Waals surface area contributed by atoms with Crippen LogP contribution in [0.2, 0.25) is 19.6 Å². The summed E-state index contributed by atoms with van der Waals surface area (Å²) in [6.45, 7) is 10.6. The zero-order chi connectivity index (χ0) is 12.2. The van der Waals surface area contributed by atoms with E-state index in [1.54, 1.807) is 12.1 Å². The van der Waals surface area contributed by atoms with Crippen LogP contribution < -0.4 is 0 Å². The molecular formula is C14H19FSi. The van der Waals surface area contributed by atoms with Gasteiger partial charge in [0.15, 0.2) is 0 Å². The Morgan fingerprint density at radius 3 is 2.56 bits per heavy atom. The van der Waals surface area contributed by atoms with Crippen LogP contribution in [-0.2, 0) is 0 Å². The Hall–Kier alpha value is -1.15. The lowest BCUT2D eigenvalue weighted by molar-refractivity contribution is 0.627. The van der Waals surface area contributed by atoms with Crippen LogP contribution in [0.15, 0.2) is 42.6 Å². The topological polar surface area (TPSA) is 0 Å². The standard InChI is InChI=1S/C14H19FSi/c1-5-7-13(11-16(2,3)4)12-8-6-9-14(15)10-12/h5-6,8-11H,1,7H2,2-4H3/b13-11+. The lowest BCUT2D eigenvalue weighted by atomic mass is 10.0. The molecule has 0 aromatic heterocycles. The number of hydrogen-bond acceptors (Lipinski definition) is 0. The second-order valence-electron chi connectivity index (χ2n) is 5.04. The van der Waals surface area contributed by atoms with Gasteiger partial charge in [0.25, 0.3) is 0 Å². The molecular weight excluding hydrogens is 215 g/mol. The van der Waals surface area contributed by atoms with E-state index in [-0.39, 0.29) is 5.82 Å². The fraction of sp³-hybridized carbons (Fsp3) is 0.286. The molecule has 0 aliphatic heterocycles. The number of benzene rings is 1. The molecule has 1 rings (SSSR count). The highest BCUT2D eigenvalue weighted by Crippen LogP contribution is 2.22. The van der Waals surface area contributed by atoms with E-state index in [0.717, 1.165) is 12.0 Å². The van der Waals surface area contributed by atoms with E-state index in [0.29, 0.717) is 0 Å². The predicted octanol–water partition coefficient (Wildman–Crippen LogP) is 4.66. The Morgan fingerprint density at radius 1 is 1.38 bits per heavy atom. The Morgan fingerprint density at radius 2 is 2.06 bits per heavy atom. The van der Waals surface area contributed by atoms with Crippen molar-refractivity contribution in [2.45, 2.75) is 26.1 Å². The van der Waals surface area contributed by atoms with Crippen molar-refractivity contribution in [1.29, 1.82) is 0 Å². The van der Waals surface area contributed by atoms with E-state index in [2.05, 4.69) is 31.9 Å². The van der Waals surface area contributed by atoms with Gasteiger partial charge in [-0.05, 0) is 29.7 Å². The Balaban J connectivity index is 3.12. The molecule has 86 valence electrons. The van der Waals surface area contributed by atoms with Gasteiger partial charge in [0.05, 0.1) is 8.07 Å². The molecule has 0 atom stereocenters. The van der Waals surface area contributed by atoms with E-state index in [9.17, 15) is 4.39 Å². The van der Waals surface area contributed by atoms with Crippen LogP contribution in [-0.4, -0.2) is 8.07 Å². The first-order valence-corrected chi connectivity index (χ1v) is 9.09. The largest absolute Gasteiger partial charge is 0.207 e. The van der Waals surface area contributed by atoms with Crippen molar-refractivity contribution < 1.29 is 4.39 Å². The average molecular weight is 234 g/mol. The monoisotopic (exact) mass is 234 g/mol. The van der Waals surface area contributed by atoms with Crippen molar-refractivity contribution in [2.75, 3.05) is 0 Å². The third kappa shape index (κ3) is 4.15. The Labute approximate surface area is 98.5 Å². The van der Waals surface area contributed by atoms with Gasteiger partial charge in [-0.3, -0.25) is 0 Å². The van der Waals surface area contributed by atoms with Gasteiger partial charge < -0.3 is 0 Å². The zero-order valence-corrected chi connectivity index (χ0v) is 11.3. The predicted molar refractivity (Wildman–Crippen MR) is 72.5 cm³/mol. The molecule has 0 N–H and O–H groups in total. The van der Waals surface area contributed by atoms with Gasteiger partial charge >= 0.3 is 0 Å². The van der Waals surface area contributed by atoms with E-state index in [1.807, 2.05) is 12.1 Å². The highest BCUT2D eigenvalue weighted by Gasteiger charge is 2.11. The third-order valence-electron chi connectivity index (χ3n) is 2.17. The van der Waals surface area contributed by atoms with Gasteiger partial charge in [-0.2, -0.15) is 0 Å². The van der Waals surface area contributed by atoms with Gasteiger partial charge in [0.2, 0.25) is 0 Å². The molecule has 0 fully saturated rings. The van der Waals surface area contributed by atoms with E-state index in [1.165, 1.54) is 11.6 Å². The number of halogens is 1. The molecule has 1 aromatic rings. The van der Waals surface area contributed by atoms with Crippen LogP contribution in [0.5, 0.6) is 0 Å². The molecule has 0 saturated carbocycles. The highest BCUT2D eigenvalue weighted by atomic mass is 28.3. The van der Waals surface area contributed by atoms with Crippen LogP contribution >= 0.6 is 0 Å². The molecule has 0 saturated heterocycles. The van der Waals surface area contributed by atoms with E-state index < -0.39 is 8.07 Å². The molecule has 16 heavy (non-hydrogen) atoms. The van der Waals surface area contributed by atoms with Crippen molar-refractivity contribution in [3.05, 3.63) is 54.0 Å². The maximum atomic E-state index is 13.2. The Kier molecular flexibility index (Phi) is 4.24. The van der Waals surface area contributed by atoms with Gasteiger partial charge in [0, 0.05) is 0 Å². The van der Waals surface area contributed by atoms with Gasteiger partial charge in [-0.25, -0.2) is 4.39 Å². The average Bonchev–Trinajstić information content (AvgIpc) is 2.15. The fourth-order valence-corrected chi connectivity index (χ4v) is 2.96. The molecule has 0 radical (unpaired) electrons. The first kappa shape index (κ1) is 12.9. The molecule has 2 heteroatoms. The summed E-state index contributed by atoms with van der Waals surface area (Å²) in [6, 6.07) is 6.78. The first-order valence-electron chi connectivity index (χ1n) is 5.51. The van der Waals surface area contributed by atoms with Crippen LogP contribution in [0.4, 0.5) is 4.39 Å². The lowest BCUT2D eigenvalue weighted by Crippen LogP contribution is -2.16. The Bertz CT molecular complexity index is 399. The molecule has 0 aliphatic rings. The number of rotatable bonds is 4. The van der Waals surface area contributed by atoms with Crippen LogP contribution in [0.3, 0.4) is 0 Å². The number of allylic oxidation sites excluding steroid dienone is 2. The molecule has 0 aliphatic carbocycles. The molecule has 0 heterocycles. The maximum absolute atomic E-state index is 13.2. The highest BCUT2D eigenvalue weighted by molar-refractivity contribution is 6.81. The van der Waals surface area contributed by atoms with Crippen LogP contribution in [0.25, 0.3) is 5.57 Å². The molecule has 1 aromatic carbocycles. The van der Waals surface area contributed by atoms with Crippen molar-refractivity contribution >= 4 is 13.6 Å². The summed E-state index contributed by atoms with van der Waals surface area (Å²) in [5.74, 6) is -0.178. The molecule has 0 bridgehead atoms. The number of hydrogen-bond donors (Lipinski definition) is 0. The SMILES string of the molecule is C=CC/C(=C\[Si](C)(C)C)c1cccc(F)c1. The minimum Gasteiger partial charge on any atom is -0.207 e. The smallest absolute Gasteiger partial charge is 0.123 e. The lowest BCUT2D eigenvalue weighted by Gasteiger charge is -2.14. The van der Waals surface area contributed by atoms with Crippen LogP contribution in [0.1, 0.15) is 12.0 Å². The van der Waals surface area contributed by atoms with Crippen LogP contribution in [0, 0.1) is 5.82 Å². The summed E-state index contributed by atoms with van der Waals surface area (Å²) in [6.07, 6.45) is 2.67. The zero-order valence-electron chi connectivity index (χ0n) is 10.3. The van der Waals surface area contributed by atoms with Crippen molar-refractivity contribution in [3.63, 3.8) is 0 Å². The first-order chi connectivity index (χ1) is 7.42. The fourth-order valence-electron chi connectivity index (χ4n) is 1.63. The summed E-state index contributed by atoms with van der Waals surface area (Å²) in [5.41, 5.74) is 4.47. The van der Waals surface area contributed by atoms with Crippen molar-refractivity contribution in [2.24, 2.45) is 0 Å². The second kappa shape index (κ2) is 5.26. The molecule has 0 unspecified atom stereocenters. The van der Waals surface area contributed by atoms with Gasteiger partial charge in [-0.1, -0.05) is 43.5 Å². The molecule has 0 amide bonds. The molecule has 0 nitrogen and oxygen atoms in total. The summed E-state index contributed by atoms with van der Waals surface area (Å²) in [4.78, 5) is 0. The normalized spacial score (nSPS) is 12.6. The van der Waals surface area contributed by atoms with Gasteiger partial charge in [0.1, 0.15) is 5.82 Å². The minimum absolute atomic E-state index is 0.178. The minimum atomic E-state index is -1.29. The van der Waals surface area contributed by atoms with E-state index >= 15 is 0 Å². The second-order valence-corrected chi connectivity index (χ2v) is 10.1. The summed E-state index contributed by atoms with van der Waals surface area (Å²) in [7, 11) is -1.29. The van der Waals surface area contributed by atoms with Gasteiger partial charge in [-0.15, -0.1) is 6.58 Å². The quantitative estimate of drug-likeness (QED) is 0.525. The summed E-state index contributed by atoms with van der Waals surface area (Å²) < 4.78 is 13.2. The maximum Gasteiger partial charge on any atom is 0.123 e. The third-order valence-corrected chi connectivity index (χ3v) is 3.38. The summed E-state index contributed by atoms with van der Waals surface area (Å²) in [5, 5.41) is 0.